The molecule has 3 rings (SSSR count). The third-order valence-electron chi connectivity index (χ3n) is 4.55. The highest BCUT2D eigenvalue weighted by Crippen LogP contribution is 2.31. The Kier molecular flexibility index (Phi) is 5.18. The molecular weight excluding hydrogens is 336 g/mol. The lowest BCUT2D eigenvalue weighted by molar-refractivity contribution is -0.385. The van der Waals surface area contributed by atoms with Crippen molar-refractivity contribution in [1.82, 2.24) is 4.90 Å². The molecule has 2 aromatic carbocycles. The third-order valence-corrected chi connectivity index (χ3v) is 4.55. The third kappa shape index (κ3) is 4.00. The molecule has 0 bridgehead atoms. The molecule has 0 saturated carbocycles. The molecule has 1 atom stereocenters. The summed E-state index contributed by atoms with van der Waals surface area (Å²) in [6, 6.07) is 12.5. The van der Waals surface area contributed by atoms with Crippen LogP contribution in [0.5, 0.6) is 5.75 Å². The van der Waals surface area contributed by atoms with Gasteiger partial charge in [-0.1, -0.05) is 30.3 Å². The van der Waals surface area contributed by atoms with Crippen LogP contribution in [0.15, 0.2) is 42.5 Å². The zero-order chi connectivity index (χ0) is 18.7. The van der Waals surface area contributed by atoms with Crippen LogP contribution in [0.25, 0.3) is 0 Å². The van der Waals surface area contributed by atoms with E-state index in [0.29, 0.717) is 12.1 Å². The number of aromatic carboxylic acids is 1. The largest absolute Gasteiger partial charge is 0.488 e. The van der Waals surface area contributed by atoms with Gasteiger partial charge in [-0.25, -0.2) is 4.79 Å². The quantitative estimate of drug-likeness (QED) is 0.631. The molecule has 1 aliphatic rings. The summed E-state index contributed by atoms with van der Waals surface area (Å²) in [6.45, 7) is 3.95. The van der Waals surface area contributed by atoms with Gasteiger partial charge in [-0.05, 0) is 25.0 Å². The van der Waals surface area contributed by atoms with E-state index >= 15 is 0 Å². The second-order valence-electron chi connectivity index (χ2n) is 6.43. The van der Waals surface area contributed by atoms with Crippen molar-refractivity contribution in [3.63, 3.8) is 0 Å². The topological polar surface area (TPSA) is 92.9 Å². The fourth-order valence-electron chi connectivity index (χ4n) is 3.17. The number of rotatable bonds is 6. The SMILES string of the molecule is Cc1c(OC2CCN(Cc3ccccc3)C2)cc(C(=O)O)cc1[N+](=O)[O-]. The average molecular weight is 356 g/mol. The van der Waals surface area contributed by atoms with Gasteiger partial charge in [0.05, 0.1) is 16.1 Å². The van der Waals surface area contributed by atoms with Crippen LogP contribution in [0.2, 0.25) is 0 Å². The zero-order valence-electron chi connectivity index (χ0n) is 14.4. The molecule has 7 heteroatoms. The normalized spacial score (nSPS) is 17.2. The number of benzene rings is 2. The van der Waals surface area contributed by atoms with Gasteiger partial charge in [-0.2, -0.15) is 0 Å². The lowest BCUT2D eigenvalue weighted by Gasteiger charge is -2.18. The number of nitrogens with zero attached hydrogens (tertiary/aromatic N) is 2. The summed E-state index contributed by atoms with van der Waals surface area (Å²) in [5, 5.41) is 20.4. The van der Waals surface area contributed by atoms with Gasteiger partial charge in [0.1, 0.15) is 11.9 Å². The van der Waals surface area contributed by atoms with Crippen LogP contribution in [-0.4, -0.2) is 40.1 Å². The van der Waals surface area contributed by atoms with Gasteiger partial charge in [-0.3, -0.25) is 15.0 Å². The molecule has 136 valence electrons. The monoisotopic (exact) mass is 356 g/mol. The van der Waals surface area contributed by atoms with E-state index in [9.17, 15) is 20.0 Å². The molecule has 0 amide bonds. The van der Waals surface area contributed by atoms with Crippen LogP contribution in [0.3, 0.4) is 0 Å². The Labute approximate surface area is 151 Å². The van der Waals surface area contributed by atoms with E-state index in [2.05, 4.69) is 17.0 Å². The summed E-state index contributed by atoms with van der Waals surface area (Å²) in [4.78, 5) is 24.1. The molecule has 2 aromatic rings. The van der Waals surface area contributed by atoms with E-state index in [1.165, 1.54) is 11.6 Å². The van der Waals surface area contributed by atoms with E-state index in [4.69, 9.17) is 4.74 Å². The van der Waals surface area contributed by atoms with E-state index in [1.54, 1.807) is 6.92 Å². The van der Waals surface area contributed by atoms with Gasteiger partial charge in [0, 0.05) is 25.7 Å². The maximum absolute atomic E-state index is 11.2. The van der Waals surface area contributed by atoms with Gasteiger partial charge >= 0.3 is 5.97 Å². The van der Waals surface area contributed by atoms with Gasteiger partial charge < -0.3 is 9.84 Å². The number of ether oxygens (including phenoxy) is 1. The molecule has 7 nitrogen and oxygen atoms in total. The number of carbonyl (C=O) groups is 1. The summed E-state index contributed by atoms with van der Waals surface area (Å²) in [7, 11) is 0. The van der Waals surface area contributed by atoms with Crippen LogP contribution in [0, 0.1) is 17.0 Å². The Morgan fingerprint density at radius 3 is 2.73 bits per heavy atom. The maximum atomic E-state index is 11.2. The maximum Gasteiger partial charge on any atom is 0.336 e. The standard InChI is InChI=1S/C19H20N2O5/c1-13-17(21(24)25)9-15(19(22)23)10-18(13)26-16-7-8-20(12-16)11-14-5-3-2-4-6-14/h2-6,9-10,16H,7-8,11-12H2,1H3,(H,22,23). The highest BCUT2D eigenvalue weighted by Gasteiger charge is 2.27. The van der Waals surface area contributed by atoms with E-state index in [-0.39, 0.29) is 23.1 Å². The smallest absolute Gasteiger partial charge is 0.336 e. The first-order valence-electron chi connectivity index (χ1n) is 8.39. The summed E-state index contributed by atoms with van der Waals surface area (Å²) in [5.74, 6) is -0.946. The second kappa shape index (κ2) is 7.53. The Morgan fingerprint density at radius 1 is 1.35 bits per heavy atom. The number of hydrogen-bond donors (Lipinski definition) is 1. The molecule has 0 radical (unpaired) electrons. The second-order valence-corrected chi connectivity index (χ2v) is 6.43. The summed E-state index contributed by atoms with van der Waals surface area (Å²) >= 11 is 0. The van der Waals surface area contributed by atoms with Crippen molar-refractivity contribution in [3.05, 3.63) is 69.3 Å². The summed E-state index contributed by atoms with van der Waals surface area (Å²) < 4.78 is 5.95. The van der Waals surface area contributed by atoms with E-state index in [0.717, 1.165) is 25.6 Å². The van der Waals surface area contributed by atoms with Crippen molar-refractivity contribution in [2.24, 2.45) is 0 Å². The molecule has 1 heterocycles. The van der Waals surface area contributed by atoms with Crippen LogP contribution in [-0.2, 0) is 6.54 Å². The van der Waals surface area contributed by atoms with Crippen LogP contribution in [0.1, 0.15) is 27.9 Å². The van der Waals surface area contributed by atoms with Gasteiger partial charge in [0.2, 0.25) is 0 Å². The minimum atomic E-state index is -1.21. The molecule has 26 heavy (non-hydrogen) atoms. The van der Waals surface area contributed by atoms with Crippen molar-refractivity contribution in [1.29, 1.82) is 0 Å². The van der Waals surface area contributed by atoms with Crippen molar-refractivity contribution in [2.45, 2.75) is 26.0 Å². The highest BCUT2D eigenvalue weighted by molar-refractivity contribution is 5.89. The summed E-state index contributed by atoms with van der Waals surface area (Å²) in [5.41, 5.74) is 1.19. The molecule has 1 fully saturated rings. The molecule has 1 saturated heterocycles. The van der Waals surface area contributed by atoms with Crippen molar-refractivity contribution in [2.75, 3.05) is 13.1 Å². The van der Waals surface area contributed by atoms with Crippen molar-refractivity contribution < 1.29 is 19.6 Å². The highest BCUT2D eigenvalue weighted by atomic mass is 16.6. The van der Waals surface area contributed by atoms with Crippen LogP contribution >= 0.6 is 0 Å². The van der Waals surface area contributed by atoms with Gasteiger partial charge in [0.25, 0.3) is 5.69 Å². The van der Waals surface area contributed by atoms with Crippen molar-refractivity contribution >= 4 is 11.7 Å². The Balaban J connectivity index is 1.73. The molecule has 1 unspecified atom stereocenters. The van der Waals surface area contributed by atoms with E-state index < -0.39 is 10.9 Å². The molecule has 0 aliphatic carbocycles. The minimum Gasteiger partial charge on any atom is -0.488 e. The van der Waals surface area contributed by atoms with Gasteiger partial charge in [-0.15, -0.1) is 0 Å². The fraction of sp³-hybridized carbons (Fsp3) is 0.316. The average Bonchev–Trinajstić information content (AvgIpc) is 3.04. The van der Waals surface area contributed by atoms with Crippen LogP contribution < -0.4 is 4.74 Å². The Bertz CT molecular complexity index is 822. The molecular formula is C19H20N2O5. The number of carboxylic acids is 1. The number of nitro groups is 1. The molecule has 0 spiro atoms. The predicted molar refractivity (Wildman–Crippen MR) is 95.5 cm³/mol. The lowest BCUT2D eigenvalue weighted by atomic mass is 10.1. The lowest BCUT2D eigenvalue weighted by Crippen LogP contribution is -2.24. The number of hydrogen-bond acceptors (Lipinski definition) is 5. The van der Waals surface area contributed by atoms with Crippen molar-refractivity contribution in [3.8, 4) is 5.75 Å². The molecule has 0 aromatic heterocycles. The number of nitro benzene ring substituents is 1. The first-order chi connectivity index (χ1) is 12.4. The predicted octanol–water partition coefficient (Wildman–Crippen LogP) is 3.25. The zero-order valence-corrected chi connectivity index (χ0v) is 14.4. The number of likely N-dealkylation sites (tertiary alicyclic amines) is 1. The van der Waals surface area contributed by atoms with Gasteiger partial charge in [0.15, 0.2) is 0 Å². The first-order valence-corrected chi connectivity index (χ1v) is 8.39. The Morgan fingerprint density at radius 2 is 2.08 bits per heavy atom. The molecule has 1 aliphatic heterocycles. The van der Waals surface area contributed by atoms with Crippen LogP contribution in [0.4, 0.5) is 5.69 Å². The Hall–Kier alpha value is -2.93. The van der Waals surface area contributed by atoms with E-state index in [1.807, 2.05) is 18.2 Å². The first kappa shape index (κ1) is 17.9. The summed E-state index contributed by atoms with van der Waals surface area (Å²) in [6.07, 6.45) is 0.665. The number of carboxylic acid groups (broad SMARTS) is 1. The minimum absolute atomic E-state index is 0.124. The molecule has 1 N–H and O–H groups in total. The fourth-order valence-corrected chi connectivity index (χ4v) is 3.17.